The van der Waals surface area contributed by atoms with Gasteiger partial charge in [-0.25, -0.2) is 8.42 Å². The van der Waals surface area contributed by atoms with Gasteiger partial charge in [0.2, 0.25) is 15.9 Å². The summed E-state index contributed by atoms with van der Waals surface area (Å²) in [6.45, 7) is 1.65. The van der Waals surface area contributed by atoms with Gasteiger partial charge in [-0.1, -0.05) is 17.7 Å². The van der Waals surface area contributed by atoms with E-state index in [1.165, 1.54) is 46.5 Å². The van der Waals surface area contributed by atoms with Crippen LogP contribution in [0.25, 0.3) is 0 Å². The molecule has 2 aromatic carbocycles. The number of nitrogens with one attached hydrogen (secondary N) is 2. The lowest BCUT2D eigenvalue weighted by atomic mass is 10.2. The van der Waals surface area contributed by atoms with Crippen molar-refractivity contribution in [3.63, 3.8) is 0 Å². The average Bonchev–Trinajstić information content (AvgIpc) is 2.71. The Morgan fingerprint density at radius 2 is 1.62 bits per heavy atom. The molecule has 2 rings (SSSR count). The molecule has 0 aliphatic carbocycles. The van der Waals surface area contributed by atoms with Crippen LogP contribution in [0, 0.1) is 0 Å². The SMILES string of the molecule is COc1ccc(S(=O)(=O)NC(C)C(=O)NCc2ccc(OC)c(OC)c2)cc1Cl. The zero-order valence-electron chi connectivity index (χ0n) is 16.5. The molecule has 1 atom stereocenters. The molecule has 158 valence electrons. The smallest absolute Gasteiger partial charge is 0.241 e. The lowest BCUT2D eigenvalue weighted by Crippen LogP contribution is -2.44. The molecule has 8 nitrogen and oxygen atoms in total. The summed E-state index contributed by atoms with van der Waals surface area (Å²) in [5, 5.41) is 2.84. The van der Waals surface area contributed by atoms with Gasteiger partial charge in [-0.2, -0.15) is 4.72 Å². The molecule has 0 aliphatic rings. The Morgan fingerprint density at radius 1 is 1.00 bits per heavy atom. The molecule has 2 aromatic rings. The van der Waals surface area contributed by atoms with Crippen LogP contribution >= 0.6 is 11.6 Å². The first-order valence-corrected chi connectivity index (χ1v) is 10.4. The number of halogens is 1. The summed E-state index contributed by atoms with van der Waals surface area (Å²) in [4.78, 5) is 12.3. The number of benzene rings is 2. The van der Waals surface area contributed by atoms with E-state index < -0.39 is 22.0 Å². The quantitative estimate of drug-likeness (QED) is 0.618. The minimum atomic E-state index is -3.94. The van der Waals surface area contributed by atoms with Crippen LogP contribution in [-0.2, 0) is 21.4 Å². The number of hydrogen-bond acceptors (Lipinski definition) is 6. The predicted octanol–water partition coefficient (Wildman–Crippen LogP) is 2.35. The summed E-state index contributed by atoms with van der Waals surface area (Å²) in [7, 11) is 0.534. The Morgan fingerprint density at radius 3 is 2.21 bits per heavy atom. The van der Waals surface area contributed by atoms with Crippen molar-refractivity contribution >= 4 is 27.5 Å². The number of carbonyl (C=O) groups excluding carboxylic acids is 1. The molecule has 29 heavy (non-hydrogen) atoms. The highest BCUT2D eigenvalue weighted by atomic mass is 35.5. The zero-order valence-corrected chi connectivity index (χ0v) is 18.1. The number of sulfonamides is 1. The molecule has 1 amide bonds. The molecule has 0 saturated carbocycles. The van der Waals surface area contributed by atoms with Gasteiger partial charge in [0.25, 0.3) is 0 Å². The van der Waals surface area contributed by atoms with Crippen molar-refractivity contribution in [2.45, 2.75) is 24.4 Å². The average molecular weight is 443 g/mol. The molecule has 2 N–H and O–H groups in total. The Kier molecular flexibility index (Phi) is 7.72. The first-order valence-electron chi connectivity index (χ1n) is 8.56. The standard InChI is InChI=1S/C19H23ClN2O6S/c1-12(22-29(24,25)14-6-8-16(26-2)15(20)10-14)19(23)21-11-13-5-7-17(27-3)18(9-13)28-4/h5-10,12,22H,11H2,1-4H3,(H,21,23). The number of methoxy groups -OCH3 is 3. The van der Waals surface area contributed by atoms with E-state index >= 15 is 0 Å². The van der Waals surface area contributed by atoms with E-state index in [1.54, 1.807) is 18.2 Å². The summed E-state index contributed by atoms with van der Waals surface area (Å²) >= 11 is 5.98. The van der Waals surface area contributed by atoms with E-state index in [2.05, 4.69) is 10.0 Å². The minimum Gasteiger partial charge on any atom is -0.495 e. The Hall–Kier alpha value is -2.49. The maximum Gasteiger partial charge on any atom is 0.241 e. The summed E-state index contributed by atoms with van der Waals surface area (Å²) in [5.74, 6) is 0.973. The largest absolute Gasteiger partial charge is 0.495 e. The second kappa shape index (κ2) is 9.82. The summed E-state index contributed by atoms with van der Waals surface area (Å²) < 4.78 is 42.7. The van der Waals surface area contributed by atoms with Crippen molar-refractivity contribution < 1.29 is 27.4 Å². The van der Waals surface area contributed by atoms with Gasteiger partial charge in [0.15, 0.2) is 11.5 Å². The molecule has 0 saturated heterocycles. The lowest BCUT2D eigenvalue weighted by molar-refractivity contribution is -0.122. The first-order chi connectivity index (χ1) is 13.7. The molecule has 10 heteroatoms. The van der Waals surface area contributed by atoms with Crippen LogP contribution in [0.1, 0.15) is 12.5 Å². The monoisotopic (exact) mass is 442 g/mol. The van der Waals surface area contributed by atoms with Gasteiger partial charge in [-0.15, -0.1) is 0 Å². The van der Waals surface area contributed by atoms with Crippen LogP contribution in [0.5, 0.6) is 17.2 Å². The molecular formula is C19H23ClN2O6S. The van der Waals surface area contributed by atoms with Crippen LogP contribution in [0.3, 0.4) is 0 Å². The second-order valence-corrected chi connectivity index (χ2v) is 8.17. The molecule has 0 fully saturated rings. The number of rotatable bonds is 9. The Labute approximate surface area is 175 Å². The first kappa shape index (κ1) is 22.8. The van der Waals surface area contributed by atoms with Gasteiger partial charge < -0.3 is 19.5 Å². The summed E-state index contributed by atoms with van der Waals surface area (Å²) in [5.41, 5.74) is 0.771. The third-order valence-electron chi connectivity index (χ3n) is 4.07. The van der Waals surface area contributed by atoms with E-state index in [-0.39, 0.29) is 16.5 Å². The normalized spacial score (nSPS) is 12.2. The Balaban J connectivity index is 2.02. The van der Waals surface area contributed by atoms with E-state index in [4.69, 9.17) is 25.8 Å². The van der Waals surface area contributed by atoms with Gasteiger partial charge in [-0.3, -0.25) is 4.79 Å². The van der Waals surface area contributed by atoms with Crippen molar-refractivity contribution in [2.75, 3.05) is 21.3 Å². The number of hydrogen-bond donors (Lipinski definition) is 2. The highest BCUT2D eigenvalue weighted by Gasteiger charge is 2.23. The molecule has 0 heterocycles. The molecule has 0 bridgehead atoms. The van der Waals surface area contributed by atoms with Crippen LogP contribution in [-0.4, -0.2) is 41.7 Å². The zero-order chi connectivity index (χ0) is 21.6. The Bertz CT molecular complexity index is 981. The van der Waals surface area contributed by atoms with E-state index in [9.17, 15) is 13.2 Å². The maximum absolute atomic E-state index is 12.5. The highest BCUT2D eigenvalue weighted by molar-refractivity contribution is 7.89. The molecule has 0 aromatic heterocycles. The van der Waals surface area contributed by atoms with Gasteiger partial charge in [0.1, 0.15) is 5.75 Å². The van der Waals surface area contributed by atoms with Crippen molar-refractivity contribution in [2.24, 2.45) is 0 Å². The fourth-order valence-electron chi connectivity index (χ4n) is 2.50. The molecule has 1 unspecified atom stereocenters. The molecule has 0 spiro atoms. The van der Waals surface area contributed by atoms with E-state index in [1.807, 2.05) is 0 Å². The van der Waals surface area contributed by atoms with E-state index in [0.29, 0.717) is 17.2 Å². The van der Waals surface area contributed by atoms with Gasteiger partial charge in [-0.05, 0) is 42.8 Å². The van der Waals surface area contributed by atoms with Crippen LogP contribution in [0.4, 0.5) is 0 Å². The van der Waals surface area contributed by atoms with Crippen LogP contribution in [0.15, 0.2) is 41.3 Å². The highest BCUT2D eigenvalue weighted by Crippen LogP contribution is 2.28. The molecule has 0 radical (unpaired) electrons. The second-order valence-electron chi connectivity index (χ2n) is 6.05. The fourth-order valence-corrected chi connectivity index (χ4v) is 4.05. The van der Waals surface area contributed by atoms with Crippen molar-refractivity contribution in [1.82, 2.24) is 10.0 Å². The lowest BCUT2D eigenvalue weighted by Gasteiger charge is -2.15. The van der Waals surface area contributed by atoms with Gasteiger partial charge in [0.05, 0.1) is 37.3 Å². The summed E-state index contributed by atoms with van der Waals surface area (Å²) in [6, 6.07) is 8.28. The van der Waals surface area contributed by atoms with Gasteiger partial charge >= 0.3 is 0 Å². The van der Waals surface area contributed by atoms with Crippen molar-refractivity contribution in [1.29, 1.82) is 0 Å². The van der Waals surface area contributed by atoms with Gasteiger partial charge in [0, 0.05) is 6.54 Å². The topological polar surface area (TPSA) is 103 Å². The number of amides is 1. The minimum absolute atomic E-state index is 0.0668. The molecular weight excluding hydrogens is 420 g/mol. The number of ether oxygens (including phenoxy) is 3. The van der Waals surface area contributed by atoms with Crippen LogP contribution in [0.2, 0.25) is 5.02 Å². The predicted molar refractivity (Wildman–Crippen MR) is 109 cm³/mol. The molecule has 0 aliphatic heterocycles. The third kappa shape index (κ3) is 5.75. The van der Waals surface area contributed by atoms with Crippen LogP contribution < -0.4 is 24.2 Å². The van der Waals surface area contributed by atoms with Crippen molar-refractivity contribution in [3.8, 4) is 17.2 Å². The van der Waals surface area contributed by atoms with Crippen molar-refractivity contribution in [3.05, 3.63) is 47.0 Å². The maximum atomic E-state index is 12.5. The third-order valence-corrected chi connectivity index (χ3v) is 5.91. The fraction of sp³-hybridized carbons (Fsp3) is 0.316. The van der Waals surface area contributed by atoms with E-state index in [0.717, 1.165) is 5.56 Å². The number of carbonyl (C=O) groups is 1. The summed E-state index contributed by atoms with van der Waals surface area (Å²) in [6.07, 6.45) is 0.